The minimum absolute atomic E-state index is 0.0530. The summed E-state index contributed by atoms with van der Waals surface area (Å²) in [6.07, 6.45) is -0.373. The first-order valence-electron chi connectivity index (χ1n) is 12.6. The Morgan fingerprint density at radius 2 is 1.41 bits per heavy atom. The first kappa shape index (κ1) is 30.0. The van der Waals surface area contributed by atoms with Gasteiger partial charge in [0.05, 0.1) is 33.5 Å². The van der Waals surface area contributed by atoms with Crippen LogP contribution in [0.3, 0.4) is 0 Å². The fraction of sp³-hybridized carbons (Fsp3) is 0.241. The second-order valence-corrected chi connectivity index (χ2v) is 10.8. The molecule has 0 saturated heterocycles. The lowest BCUT2D eigenvalue weighted by molar-refractivity contribution is -0.0630. The Morgan fingerprint density at radius 3 is 1.90 bits per heavy atom. The second kappa shape index (κ2) is 13.1. The summed E-state index contributed by atoms with van der Waals surface area (Å²) in [6.45, 7) is -0.258. The SMILES string of the molecule is COc1ccc(C(OC[C@H](Cn2ccc(N)nc2=O)OCP(=O)(O)O)(c2ccccc2)c2ccc(OC)cc2)cc1. The average molecular weight is 582 g/mol. The number of ether oxygens (including phenoxy) is 4. The van der Waals surface area contributed by atoms with Crippen LogP contribution >= 0.6 is 7.60 Å². The van der Waals surface area contributed by atoms with Crippen molar-refractivity contribution < 1.29 is 33.3 Å². The van der Waals surface area contributed by atoms with Gasteiger partial charge in [0, 0.05) is 6.20 Å². The highest BCUT2D eigenvalue weighted by Gasteiger charge is 2.39. The average Bonchev–Trinajstić information content (AvgIpc) is 2.98. The van der Waals surface area contributed by atoms with E-state index in [1.165, 1.54) is 16.8 Å². The van der Waals surface area contributed by atoms with Crippen molar-refractivity contribution in [3.05, 3.63) is 118 Å². The number of rotatable bonds is 13. The Bertz CT molecular complexity index is 1480. The second-order valence-electron chi connectivity index (χ2n) is 9.19. The van der Waals surface area contributed by atoms with E-state index < -0.39 is 31.3 Å². The van der Waals surface area contributed by atoms with Gasteiger partial charge in [-0.15, -0.1) is 0 Å². The van der Waals surface area contributed by atoms with E-state index in [0.29, 0.717) is 11.5 Å². The van der Waals surface area contributed by atoms with E-state index in [1.807, 2.05) is 78.9 Å². The van der Waals surface area contributed by atoms with Crippen molar-refractivity contribution in [1.29, 1.82) is 0 Å². The predicted molar refractivity (Wildman–Crippen MR) is 153 cm³/mol. The number of benzene rings is 3. The minimum atomic E-state index is -4.53. The number of nitrogen functional groups attached to an aromatic ring is 1. The molecule has 41 heavy (non-hydrogen) atoms. The van der Waals surface area contributed by atoms with Gasteiger partial charge in [-0.3, -0.25) is 9.13 Å². The van der Waals surface area contributed by atoms with E-state index in [1.54, 1.807) is 14.2 Å². The number of hydrogen-bond donors (Lipinski definition) is 3. The largest absolute Gasteiger partial charge is 0.497 e. The number of hydrogen-bond acceptors (Lipinski definition) is 8. The lowest BCUT2D eigenvalue weighted by Crippen LogP contribution is -2.39. The summed E-state index contributed by atoms with van der Waals surface area (Å²) >= 11 is 0. The maximum absolute atomic E-state index is 12.5. The third-order valence-corrected chi connectivity index (χ3v) is 6.92. The summed E-state index contributed by atoms with van der Waals surface area (Å²) in [7, 11) is -1.37. The van der Waals surface area contributed by atoms with Crippen LogP contribution in [0.2, 0.25) is 0 Å². The van der Waals surface area contributed by atoms with Gasteiger partial charge in [0.25, 0.3) is 0 Å². The Kier molecular flexibility index (Phi) is 9.59. The molecule has 0 amide bonds. The number of nitrogens with zero attached hydrogens (tertiary/aromatic N) is 2. The Labute approximate surface area is 237 Å². The Balaban J connectivity index is 1.81. The lowest BCUT2D eigenvalue weighted by Gasteiger charge is -2.37. The van der Waals surface area contributed by atoms with Crippen LogP contribution in [0.25, 0.3) is 0 Å². The first-order valence-corrected chi connectivity index (χ1v) is 14.4. The van der Waals surface area contributed by atoms with Crippen LogP contribution < -0.4 is 20.9 Å². The Morgan fingerprint density at radius 1 is 0.878 bits per heavy atom. The molecule has 0 aliphatic rings. The highest BCUT2D eigenvalue weighted by Crippen LogP contribution is 2.42. The fourth-order valence-corrected chi connectivity index (χ4v) is 4.85. The van der Waals surface area contributed by atoms with E-state index in [0.717, 1.165) is 16.7 Å². The van der Waals surface area contributed by atoms with Gasteiger partial charge in [-0.25, -0.2) is 4.79 Å². The maximum Gasteiger partial charge on any atom is 0.350 e. The zero-order valence-corrected chi connectivity index (χ0v) is 23.5. The zero-order chi connectivity index (χ0) is 29.5. The van der Waals surface area contributed by atoms with Crippen molar-refractivity contribution in [2.75, 3.05) is 32.9 Å². The van der Waals surface area contributed by atoms with E-state index in [9.17, 15) is 19.1 Å². The number of nitrogens with two attached hydrogens (primary N) is 1. The van der Waals surface area contributed by atoms with Crippen molar-refractivity contribution in [3.8, 4) is 11.5 Å². The van der Waals surface area contributed by atoms with Crippen LogP contribution in [0.15, 0.2) is 95.9 Å². The van der Waals surface area contributed by atoms with Crippen molar-refractivity contribution in [2.24, 2.45) is 0 Å². The molecule has 0 saturated carbocycles. The van der Waals surface area contributed by atoms with Crippen molar-refractivity contribution >= 4 is 13.4 Å². The molecule has 0 spiro atoms. The van der Waals surface area contributed by atoms with E-state index in [-0.39, 0.29) is 19.0 Å². The number of aromatic nitrogens is 2. The van der Waals surface area contributed by atoms with Gasteiger partial charge in [-0.05, 0) is 47.0 Å². The summed E-state index contributed by atoms with van der Waals surface area (Å²) in [6, 6.07) is 25.8. The smallest absolute Gasteiger partial charge is 0.350 e. The summed E-state index contributed by atoms with van der Waals surface area (Å²) in [4.78, 5) is 35.2. The van der Waals surface area contributed by atoms with Gasteiger partial charge in [-0.2, -0.15) is 4.98 Å². The normalized spacial score (nSPS) is 12.6. The van der Waals surface area contributed by atoms with Gasteiger partial charge in [0.15, 0.2) is 0 Å². The van der Waals surface area contributed by atoms with Crippen LogP contribution in [-0.2, 0) is 26.2 Å². The highest BCUT2D eigenvalue weighted by molar-refractivity contribution is 7.51. The third-order valence-electron chi connectivity index (χ3n) is 6.43. The molecule has 0 fully saturated rings. The molecular formula is C29H32N3O8P. The summed E-state index contributed by atoms with van der Waals surface area (Å²) in [5.74, 6) is 1.37. The molecule has 1 heterocycles. The topological polar surface area (TPSA) is 155 Å². The lowest BCUT2D eigenvalue weighted by atomic mass is 9.80. The van der Waals surface area contributed by atoms with Crippen molar-refractivity contribution in [2.45, 2.75) is 18.2 Å². The molecular weight excluding hydrogens is 549 g/mol. The predicted octanol–water partition coefficient (Wildman–Crippen LogP) is 3.37. The summed E-state index contributed by atoms with van der Waals surface area (Å²) in [5, 5.41) is 0. The standard InChI is InChI=1S/C29H32N3O8P/c1-37-24-12-8-22(9-13-24)29(21-6-4-3-5-7-21,23-10-14-25(38-2)15-11-23)40-19-26(39-20-41(34,35)36)18-32-17-16-27(30)31-28(32)33/h3-17,26H,18-20H2,1-2H3,(H2,30,31,33)(H2,34,35,36)/t26-/m0/s1. The number of anilines is 1. The molecule has 11 nitrogen and oxygen atoms in total. The molecule has 0 unspecified atom stereocenters. The van der Waals surface area contributed by atoms with E-state index in [4.69, 9.17) is 24.7 Å². The molecule has 1 aromatic heterocycles. The molecule has 0 radical (unpaired) electrons. The molecule has 216 valence electrons. The van der Waals surface area contributed by atoms with Crippen molar-refractivity contribution in [1.82, 2.24) is 9.55 Å². The maximum atomic E-state index is 12.5. The third kappa shape index (κ3) is 7.40. The molecule has 0 aliphatic carbocycles. The van der Waals surface area contributed by atoms with Crippen LogP contribution in [0.1, 0.15) is 16.7 Å². The summed E-state index contributed by atoms with van der Waals surface area (Å²) in [5.41, 5.74) is 6.10. The molecule has 4 rings (SSSR count). The highest BCUT2D eigenvalue weighted by atomic mass is 31.2. The van der Waals surface area contributed by atoms with Crippen LogP contribution in [-0.4, -0.2) is 52.6 Å². The van der Waals surface area contributed by atoms with E-state index >= 15 is 0 Å². The van der Waals surface area contributed by atoms with Gasteiger partial charge in [0.1, 0.15) is 29.3 Å². The molecule has 12 heteroatoms. The number of methoxy groups -OCH3 is 2. The van der Waals surface area contributed by atoms with Gasteiger partial charge < -0.3 is 34.5 Å². The molecule has 4 N–H and O–H groups in total. The minimum Gasteiger partial charge on any atom is -0.497 e. The molecule has 3 aromatic carbocycles. The molecule has 1 atom stereocenters. The van der Waals surface area contributed by atoms with Crippen molar-refractivity contribution in [3.63, 3.8) is 0 Å². The van der Waals surface area contributed by atoms with Gasteiger partial charge >= 0.3 is 13.3 Å². The van der Waals surface area contributed by atoms with E-state index in [2.05, 4.69) is 4.98 Å². The van der Waals surface area contributed by atoms with Crippen LogP contribution in [0.5, 0.6) is 11.5 Å². The fourth-order valence-electron chi connectivity index (χ4n) is 4.45. The molecule has 4 aromatic rings. The van der Waals surface area contributed by atoms with Gasteiger partial charge in [0.2, 0.25) is 0 Å². The zero-order valence-electron chi connectivity index (χ0n) is 22.6. The van der Waals surface area contributed by atoms with Crippen LogP contribution in [0.4, 0.5) is 5.82 Å². The first-order chi connectivity index (χ1) is 19.6. The molecule has 0 aliphatic heterocycles. The summed E-state index contributed by atoms with van der Waals surface area (Å²) < 4.78 is 36.1. The quantitative estimate of drug-likeness (QED) is 0.158. The monoisotopic (exact) mass is 581 g/mol. The molecule has 0 bridgehead atoms. The Hall–Kier alpha value is -3.99. The van der Waals surface area contributed by atoms with Gasteiger partial charge in [-0.1, -0.05) is 54.6 Å². The van der Waals surface area contributed by atoms with Crippen LogP contribution in [0, 0.1) is 0 Å².